The minimum Gasteiger partial charge on any atom is -0.382 e. The van der Waals surface area contributed by atoms with Gasteiger partial charge in [-0.2, -0.15) is 0 Å². The van der Waals surface area contributed by atoms with Gasteiger partial charge in [0.25, 0.3) is 11.5 Å². The summed E-state index contributed by atoms with van der Waals surface area (Å²) < 4.78 is 7.48. The molecule has 2 atom stereocenters. The van der Waals surface area contributed by atoms with E-state index in [4.69, 9.17) is 21.9 Å². The molecular formula is C25H32N4O3S2. The lowest BCUT2D eigenvalue weighted by molar-refractivity contribution is -0.122. The number of carbonyl (C=O) groups excluding carboxylic acids is 1. The molecule has 4 heterocycles. The lowest BCUT2D eigenvalue weighted by Gasteiger charge is -2.36. The molecule has 34 heavy (non-hydrogen) atoms. The number of aryl methyl sites for hydroxylation is 1. The van der Waals surface area contributed by atoms with Crippen molar-refractivity contribution >= 4 is 51.7 Å². The first-order valence-corrected chi connectivity index (χ1v) is 13.1. The van der Waals surface area contributed by atoms with Gasteiger partial charge in [0.05, 0.1) is 10.5 Å². The lowest BCUT2D eigenvalue weighted by Crippen LogP contribution is -2.40. The maximum absolute atomic E-state index is 13.7. The minimum atomic E-state index is -0.170. The van der Waals surface area contributed by atoms with Crippen molar-refractivity contribution in [3.05, 3.63) is 44.7 Å². The molecule has 0 saturated carbocycles. The van der Waals surface area contributed by atoms with Gasteiger partial charge in [-0.25, -0.2) is 4.98 Å². The third kappa shape index (κ3) is 5.06. The summed E-state index contributed by atoms with van der Waals surface area (Å²) >= 11 is 6.73. The van der Waals surface area contributed by atoms with E-state index in [0.717, 1.165) is 25.1 Å². The van der Waals surface area contributed by atoms with E-state index in [9.17, 15) is 9.59 Å². The molecule has 0 aromatic carbocycles. The van der Waals surface area contributed by atoms with Crippen LogP contribution in [0.1, 0.15) is 44.7 Å². The lowest BCUT2D eigenvalue weighted by atomic mass is 9.91. The van der Waals surface area contributed by atoms with Crippen LogP contribution in [-0.2, 0) is 9.53 Å². The molecule has 1 amide bonds. The van der Waals surface area contributed by atoms with Gasteiger partial charge in [-0.1, -0.05) is 43.9 Å². The Balaban J connectivity index is 1.76. The van der Waals surface area contributed by atoms with E-state index in [-0.39, 0.29) is 11.5 Å². The highest BCUT2D eigenvalue weighted by atomic mass is 32.2. The van der Waals surface area contributed by atoms with Gasteiger partial charge in [0.1, 0.15) is 15.8 Å². The van der Waals surface area contributed by atoms with Crippen molar-refractivity contribution in [1.82, 2.24) is 14.3 Å². The molecule has 9 heteroatoms. The monoisotopic (exact) mass is 500 g/mol. The number of fused-ring (bicyclic) bond motifs is 1. The fourth-order valence-corrected chi connectivity index (χ4v) is 6.09. The molecule has 2 aromatic heterocycles. The van der Waals surface area contributed by atoms with Gasteiger partial charge >= 0.3 is 0 Å². The molecule has 2 fully saturated rings. The smallest absolute Gasteiger partial charge is 0.267 e. The summed E-state index contributed by atoms with van der Waals surface area (Å²) in [4.78, 5) is 36.1. The molecule has 0 unspecified atom stereocenters. The summed E-state index contributed by atoms with van der Waals surface area (Å²) in [5, 5.41) is 0. The number of pyridine rings is 1. The molecule has 0 bridgehead atoms. The highest BCUT2D eigenvalue weighted by Crippen LogP contribution is 2.34. The van der Waals surface area contributed by atoms with Gasteiger partial charge in [-0.3, -0.25) is 18.9 Å². The zero-order valence-electron chi connectivity index (χ0n) is 20.2. The van der Waals surface area contributed by atoms with Crippen molar-refractivity contribution in [1.29, 1.82) is 0 Å². The predicted octanol–water partition coefficient (Wildman–Crippen LogP) is 4.11. The maximum Gasteiger partial charge on any atom is 0.267 e. The normalized spacial score (nSPS) is 22.4. The number of piperidine rings is 1. The highest BCUT2D eigenvalue weighted by molar-refractivity contribution is 8.26. The van der Waals surface area contributed by atoms with E-state index in [1.165, 1.54) is 11.8 Å². The number of anilines is 1. The van der Waals surface area contributed by atoms with Crippen LogP contribution in [0.25, 0.3) is 11.7 Å². The molecule has 0 radical (unpaired) electrons. The third-order valence-electron chi connectivity index (χ3n) is 6.26. The second kappa shape index (κ2) is 10.6. The SMILES string of the molecule is CCOCCCN1C(=O)/C(=C\c2c(N3C[C@@H](C)C[C@H](C)C3)nc3c(C)cccn3c2=O)SC1=S. The molecule has 0 aliphatic carbocycles. The molecule has 2 saturated heterocycles. The van der Waals surface area contributed by atoms with Crippen molar-refractivity contribution in [2.24, 2.45) is 11.8 Å². The number of amides is 1. The Morgan fingerprint density at radius 1 is 1.26 bits per heavy atom. The number of thioether (sulfide) groups is 1. The second-order valence-electron chi connectivity index (χ2n) is 9.27. The second-order valence-corrected chi connectivity index (χ2v) is 10.9. The number of rotatable bonds is 7. The van der Waals surface area contributed by atoms with Crippen LogP contribution in [0.5, 0.6) is 0 Å². The fraction of sp³-hybridized carbons (Fsp3) is 0.520. The van der Waals surface area contributed by atoms with E-state index in [2.05, 4.69) is 18.7 Å². The summed E-state index contributed by atoms with van der Waals surface area (Å²) in [6.45, 7) is 11.8. The Hall–Kier alpha value is -2.23. The zero-order valence-corrected chi connectivity index (χ0v) is 21.9. The Labute approximate surface area is 210 Å². The molecule has 0 spiro atoms. The predicted molar refractivity (Wildman–Crippen MR) is 142 cm³/mol. The molecule has 2 aliphatic rings. The van der Waals surface area contributed by atoms with Crippen LogP contribution in [0.3, 0.4) is 0 Å². The summed E-state index contributed by atoms with van der Waals surface area (Å²) in [5.74, 6) is 1.49. The fourth-order valence-electron chi connectivity index (χ4n) is 4.80. The van der Waals surface area contributed by atoms with Crippen LogP contribution in [-0.4, -0.2) is 57.4 Å². The van der Waals surface area contributed by atoms with Crippen molar-refractivity contribution < 1.29 is 9.53 Å². The van der Waals surface area contributed by atoms with Gasteiger partial charge in [-0.05, 0) is 56.2 Å². The van der Waals surface area contributed by atoms with Crippen molar-refractivity contribution in [2.75, 3.05) is 37.7 Å². The van der Waals surface area contributed by atoms with E-state index in [1.807, 2.05) is 26.0 Å². The summed E-state index contributed by atoms with van der Waals surface area (Å²) in [7, 11) is 0. The molecule has 2 aromatic rings. The van der Waals surface area contributed by atoms with Gasteiger partial charge in [-0.15, -0.1) is 0 Å². The Morgan fingerprint density at radius 3 is 2.71 bits per heavy atom. The van der Waals surface area contributed by atoms with Crippen LogP contribution in [0.2, 0.25) is 0 Å². The Morgan fingerprint density at radius 2 is 2.00 bits per heavy atom. The van der Waals surface area contributed by atoms with E-state index in [1.54, 1.807) is 21.6 Å². The van der Waals surface area contributed by atoms with E-state index in [0.29, 0.717) is 64.3 Å². The number of ether oxygens (including phenoxy) is 1. The van der Waals surface area contributed by atoms with Crippen molar-refractivity contribution in [3.8, 4) is 0 Å². The average molecular weight is 501 g/mol. The molecule has 2 aliphatic heterocycles. The van der Waals surface area contributed by atoms with Crippen LogP contribution >= 0.6 is 24.0 Å². The quantitative estimate of drug-likeness (QED) is 0.322. The largest absolute Gasteiger partial charge is 0.382 e. The number of hydrogen-bond acceptors (Lipinski definition) is 7. The molecule has 4 rings (SSSR count). The maximum atomic E-state index is 13.7. The first-order chi connectivity index (χ1) is 16.3. The number of aromatic nitrogens is 2. The standard InChI is InChI=1S/C25H32N4O3S2/c1-5-32-11-7-10-29-24(31)20(34-25(29)33)13-19-22(27-14-16(2)12-17(3)15-27)26-21-18(4)8-6-9-28(21)23(19)30/h6,8-9,13,16-17H,5,7,10-12,14-15H2,1-4H3/b20-13+/t16-,17-/m0/s1. The van der Waals surface area contributed by atoms with E-state index >= 15 is 0 Å². The molecular weight excluding hydrogens is 468 g/mol. The molecule has 0 N–H and O–H groups in total. The minimum absolute atomic E-state index is 0.161. The van der Waals surface area contributed by atoms with Crippen molar-refractivity contribution in [3.63, 3.8) is 0 Å². The summed E-state index contributed by atoms with van der Waals surface area (Å²) in [6.07, 6.45) is 5.30. The van der Waals surface area contributed by atoms with Crippen LogP contribution in [0.15, 0.2) is 28.0 Å². The first-order valence-electron chi connectivity index (χ1n) is 11.9. The zero-order chi connectivity index (χ0) is 24.4. The van der Waals surface area contributed by atoms with Gasteiger partial charge in [0.2, 0.25) is 0 Å². The topological polar surface area (TPSA) is 67.2 Å². The van der Waals surface area contributed by atoms with Gasteiger partial charge < -0.3 is 9.64 Å². The number of hydrogen-bond donors (Lipinski definition) is 0. The molecule has 182 valence electrons. The Kier molecular flexibility index (Phi) is 7.74. The van der Waals surface area contributed by atoms with Crippen LogP contribution < -0.4 is 10.5 Å². The van der Waals surface area contributed by atoms with Gasteiger partial charge in [0, 0.05) is 39.0 Å². The van der Waals surface area contributed by atoms with Crippen LogP contribution in [0, 0.1) is 18.8 Å². The third-order valence-corrected chi connectivity index (χ3v) is 7.63. The number of thiocarbonyl (C=S) groups is 1. The van der Waals surface area contributed by atoms with Crippen molar-refractivity contribution in [2.45, 2.75) is 40.5 Å². The Bertz CT molecular complexity index is 1180. The first kappa shape index (κ1) is 24.9. The average Bonchev–Trinajstić information content (AvgIpc) is 3.05. The van der Waals surface area contributed by atoms with E-state index < -0.39 is 0 Å². The number of nitrogens with zero attached hydrogens (tertiary/aromatic N) is 4. The highest BCUT2D eigenvalue weighted by Gasteiger charge is 2.33. The molecule has 7 nitrogen and oxygen atoms in total. The summed E-state index contributed by atoms with van der Waals surface area (Å²) in [6, 6.07) is 3.80. The van der Waals surface area contributed by atoms with Crippen LogP contribution in [0.4, 0.5) is 5.82 Å². The summed E-state index contributed by atoms with van der Waals surface area (Å²) in [5.41, 5.74) is 1.86. The van der Waals surface area contributed by atoms with Gasteiger partial charge in [0.15, 0.2) is 0 Å². The number of carbonyl (C=O) groups is 1.